The average molecular weight is 154 g/mol. The molecule has 0 radical (unpaired) electrons. The average Bonchev–Trinajstić information content (AvgIpc) is 2.47. The van der Waals surface area contributed by atoms with Crippen LogP contribution in [-0.2, 0) is 0 Å². The molecule has 0 N–H and O–H groups in total. The SMILES string of the molecule is N#CC=C1C=c2ccccc2=N1. The predicted octanol–water partition coefficient (Wildman–Crippen LogP) is 0.508. The number of allylic oxidation sites excluding steroid dienone is 2. The van der Waals surface area contributed by atoms with Gasteiger partial charge in [0.25, 0.3) is 0 Å². The third-order valence-corrected chi connectivity index (χ3v) is 1.70. The number of fused-ring (bicyclic) bond motifs is 1. The Hall–Kier alpha value is -1.88. The van der Waals surface area contributed by atoms with Crippen molar-refractivity contribution < 1.29 is 0 Å². The molecule has 1 aliphatic heterocycles. The van der Waals surface area contributed by atoms with Gasteiger partial charge in [0.05, 0.1) is 17.1 Å². The number of benzene rings is 1. The smallest absolute Gasteiger partial charge is 0.0934 e. The van der Waals surface area contributed by atoms with Gasteiger partial charge in [-0.3, -0.25) is 0 Å². The van der Waals surface area contributed by atoms with Crippen molar-refractivity contribution in [3.05, 3.63) is 46.6 Å². The Bertz CT molecular complexity index is 452. The molecule has 0 fully saturated rings. The van der Waals surface area contributed by atoms with Gasteiger partial charge in [0.1, 0.15) is 0 Å². The topological polar surface area (TPSA) is 36.1 Å². The van der Waals surface area contributed by atoms with Crippen LogP contribution < -0.4 is 10.6 Å². The zero-order valence-electron chi connectivity index (χ0n) is 6.36. The maximum Gasteiger partial charge on any atom is 0.0934 e. The summed E-state index contributed by atoms with van der Waals surface area (Å²) in [6.45, 7) is 0. The molecule has 1 aromatic rings. The Kier molecular flexibility index (Phi) is 1.49. The number of para-hydroxylation sites is 1. The van der Waals surface area contributed by atoms with E-state index in [1.165, 1.54) is 6.08 Å². The van der Waals surface area contributed by atoms with Gasteiger partial charge in [0, 0.05) is 11.3 Å². The number of hydrogen-bond acceptors (Lipinski definition) is 2. The number of nitriles is 1. The van der Waals surface area contributed by atoms with Gasteiger partial charge < -0.3 is 0 Å². The quantitative estimate of drug-likeness (QED) is 0.501. The Morgan fingerprint density at radius 3 is 2.92 bits per heavy atom. The van der Waals surface area contributed by atoms with Crippen LogP contribution in [0.15, 0.2) is 41.0 Å². The minimum atomic E-state index is 0.735. The summed E-state index contributed by atoms with van der Waals surface area (Å²) < 4.78 is 0. The van der Waals surface area contributed by atoms with Crippen LogP contribution in [0, 0.1) is 11.3 Å². The predicted molar refractivity (Wildman–Crippen MR) is 45.4 cm³/mol. The lowest BCUT2D eigenvalue weighted by molar-refractivity contribution is 1.32. The van der Waals surface area contributed by atoms with E-state index >= 15 is 0 Å². The van der Waals surface area contributed by atoms with E-state index in [1.54, 1.807) is 0 Å². The minimum Gasteiger partial charge on any atom is -0.248 e. The lowest BCUT2D eigenvalue weighted by Gasteiger charge is -1.78. The summed E-state index contributed by atoms with van der Waals surface area (Å²) in [5.41, 5.74) is 0.735. The molecule has 1 aromatic carbocycles. The van der Waals surface area contributed by atoms with Crippen molar-refractivity contribution in [3.8, 4) is 6.07 Å². The van der Waals surface area contributed by atoms with Crippen molar-refractivity contribution in [2.24, 2.45) is 4.99 Å². The molecule has 56 valence electrons. The van der Waals surface area contributed by atoms with E-state index in [0.717, 1.165) is 16.3 Å². The lowest BCUT2D eigenvalue weighted by atomic mass is 10.3. The van der Waals surface area contributed by atoms with Crippen LogP contribution >= 0.6 is 0 Å². The van der Waals surface area contributed by atoms with Crippen molar-refractivity contribution in [2.45, 2.75) is 0 Å². The fourth-order valence-electron chi connectivity index (χ4n) is 1.18. The van der Waals surface area contributed by atoms with E-state index in [0.29, 0.717) is 0 Å². The van der Waals surface area contributed by atoms with Gasteiger partial charge in [-0.25, -0.2) is 4.99 Å². The Morgan fingerprint density at radius 2 is 2.17 bits per heavy atom. The second-order valence-electron chi connectivity index (χ2n) is 2.51. The first-order valence-corrected chi connectivity index (χ1v) is 3.65. The summed E-state index contributed by atoms with van der Waals surface area (Å²) in [6, 6.07) is 9.77. The van der Waals surface area contributed by atoms with Gasteiger partial charge in [-0.2, -0.15) is 5.26 Å². The van der Waals surface area contributed by atoms with Crippen molar-refractivity contribution >= 4 is 6.08 Å². The minimum absolute atomic E-state index is 0.735. The van der Waals surface area contributed by atoms with Crippen LogP contribution in [0.1, 0.15) is 0 Å². The maximum atomic E-state index is 8.40. The molecule has 0 bridgehead atoms. The van der Waals surface area contributed by atoms with Gasteiger partial charge in [-0.15, -0.1) is 0 Å². The van der Waals surface area contributed by atoms with Crippen LogP contribution in [0.2, 0.25) is 0 Å². The van der Waals surface area contributed by atoms with E-state index in [4.69, 9.17) is 5.26 Å². The second kappa shape index (κ2) is 2.63. The van der Waals surface area contributed by atoms with Crippen LogP contribution in [0.3, 0.4) is 0 Å². The van der Waals surface area contributed by atoms with Crippen molar-refractivity contribution in [2.75, 3.05) is 0 Å². The Balaban J connectivity index is 2.70. The molecule has 12 heavy (non-hydrogen) atoms. The van der Waals surface area contributed by atoms with Crippen molar-refractivity contribution in [1.29, 1.82) is 5.26 Å². The van der Waals surface area contributed by atoms with Crippen molar-refractivity contribution in [3.63, 3.8) is 0 Å². The third kappa shape index (κ3) is 1.02. The van der Waals surface area contributed by atoms with Gasteiger partial charge in [-0.05, 0) is 12.1 Å². The van der Waals surface area contributed by atoms with Crippen LogP contribution in [0.5, 0.6) is 0 Å². The molecule has 0 saturated carbocycles. The van der Waals surface area contributed by atoms with E-state index < -0.39 is 0 Å². The highest BCUT2D eigenvalue weighted by Crippen LogP contribution is 1.98. The second-order valence-corrected chi connectivity index (χ2v) is 2.51. The summed E-state index contributed by atoms with van der Waals surface area (Å²) in [6.07, 6.45) is 3.35. The fourth-order valence-corrected chi connectivity index (χ4v) is 1.18. The molecule has 0 aromatic heterocycles. The molecule has 0 amide bonds. The molecular formula is C10H6N2. The first-order valence-electron chi connectivity index (χ1n) is 3.65. The lowest BCUT2D eigenvalue weighted by Crippen LogP contribution is -2.19. The molecular weight excluding hydrogens is 148 g/mol. The fraction of sp³-hybridized carbons (Fsp3) is 0. The first kappa shape index (κ1) is 6.81. The molecule has 1 heterocycles. The van der Waals surface area contributed by atoms with Crippen molar-refractivity contribution in [1.82, 2.24) is 0 Å². The van der Waals surface area contributed by atoms with E-state index in [9.17, 15) is 0 Å². The summed E-state index contributed by atoms with van der Waals surface area (Å²) in [7, 11) is 0. The zero-order valence-corrected chi connectivity index (χ0v) is 6.36. The summed E-state index contributed by atoms with van der Waals surface area (Å²) in [4.78, 5) is 4.22. The van der Waals surface area contributed by atoms with Crippen LogP contribution in [0.4, 0.5) is 0 Å². The molecule has 0 unspecified atom stereocenters. The Labute approximate surface area is 69.8 Å². The van der Waals surface area contributed by atoms with Crippen LogP contribution in [-0.4, -0.2) is 0 Å². The molecule has 2 rings (SSSR count). The molecule has 2 heteroatoms. The number of nitrogens with zero attached hydrogens (tertiary/aromatic N) is 2. The van der Waals surface area contributed by atoms with E-state index in [1.807, 2.05) is 36.4 Å². The zero-order chi connectivity index (χ0) is 8.39. The number of hydrogen-bond donors (Lipinski definition) is 0. The monoisotopic (exact) mass is 154 g/mol. The molecule has 0 atom stereocenters. The molecule has 0 spiro atoms. The normalized spacial score (nSPS) is 16.1. The first-order chi connectivity index (χ1) is 5.90. The molecule has 1 aliphatic rings. The van der Waals surface area contributed by atoms with Gasteiger partial charge in [0.15, 0.2) is 0 Å². The third-order valence-electron chi connectivity index (χ3n) is 1.70. The molecule has 2 nitrogen and oxygen atoms in total. The largest absolute Gasteiger partial charge is 0.248 e. The van der Waals surface area contributed by atoms with E-state index in [2.05, 4.69) is 4.99 Å². The molecule has 0 aliphatic carbocycles. The molecule has 0 saturated heterocycles. The number of rotatable bonds is 0. The maximum absolute atomic E-state index is 8.40. The Morgan fingerprint density at radius 1 is 1.33 bits per heavy atom. The highest BCUT2D eigenvalue weighted by Gasteiger charge is 1.97. The summed E-state index contributed by atoms with van der Waals surface area (Å²) in [5, 5.41) is 10.4. The van der Waals surface area contributed by atoms with Crippen LogP contribution in [0.25, 0.3) is 6.08 Å². The standard InChI is InChI=1S/C10H6N2/c11-6-5-9-7-8-3-1-2-4-10(8)12-9/h1-5,7H. The highest BCUT2D eigenvalue weighted by molar-refractivity contribution is 5.50. The highest BCUT2D eigenvalue weighted by atomic mass is 14.7. The van der Waals surface area contributed by atoms with Gasteiger partial charge >= 0.3 is 0 Å². The summed E-state index contributed by atoms with van der Waals surface area (Å²) >= 11 is 0. The van der Waals surface area contributed by atoms with Gasteiger partial charge in [-0.1, -0.05) is 18.2 Å². The van der Waals surface area contributed by atoms with E-state index in [-0.39, 0.29) is 0 Å². The van der Waals surface area contributed by atoms with Gasteiger partial charge in [0.2, 0.25) is 0 Å². The summed E-state index contributed by atoms with van der Waals surface area (Å²) in [5.74, 6) is 0.